The molecule has 0 unspecified atom stereocenters. The van der Waals surface area contributed by atoms with Gasteiger partial charge in [-0.1, -0.05) is 5.16 Å². The van der Waals surface area contributed by atoms with E-state index in [-0.39, 0.29) is 5.91 Å². The second-order valence-electron chi connectivity index (χ2n) is 6.49. The van der Waals surface area contributed by atoms with Crippen LogP contribution < -0.4 is 0 Å². The summed E-state index contributed by atoms with van der Waals surface area (Å²) in [6, 6.07) is 2.31. The van der Waals surface area contributed by atoms with E-state index in [0.717, 1.165) is 58.2 Å². The van der Waals surface area contributed by atoms with Crippen LogP contribution >= 0.6 is 0 Å². The van der Waals surface area contributed by atoms with Crippen molar-refractivity contribution in [3.05, 3.63) is 17.5 Å². The van der Waals surface area contributed by atoms with Crippen LogP contribution in [0, 0.1) is 0 Å². The van der Waals surface area contributed by atoms with Gasteiger partial charge in [0, 0.05) is 51.4 Å². The zero-order valence-electron chi connectivity index (χ0n) is 14.0. The minimum absolute atomic E-state index is 0.0228. The van der Waals surface area contributed by atoms with Gasteiger partial charge in [0.25, 0.3) is 5.91 Å². The molecule has 1 aromatic rings. The quantitative estimate of drug-likeness (QED) is 0.812. The topological polar surface area (TPSA) is 62.0 Å². The van der Waals surface area contributed by atoms with Gasteiger partial charge < -0.3 is 14.2 Å². The van der Waals surface area contributed by atoms with E-state index < -0.39 is 0 Å². The van der Waals surface area contributed by atoms with Crippen molar-refractivity contribution in [1.29, 1.82) is 0 Å². The first-order valence-electron chi connectivity index (χ1n) is 8.42. The lowest BCUT2D eigenvalue weighted by molar-refractivity contribution is 0.0305. The maximum Gasteiger partial charge on any atom is 0.276 e. The number of carbonyl (C=O) groups is 1. The van der Waals surface area contributed by atoms with Crippen molar-refractivity contribution >= 4 is 5.91 Å². The number of aromatic nitrogens is 1. The number of ether oxygens (including phenoxy) is 1. The van der Waals surface area contributed by atoms with Crippen LogP contribution in [-0.4, -0.2) is 84.3 Å². The Morgan fingerprint density at radius 1 is 1.17 bits per heavy atom. The van der Waals surface area contributed by atoms with Gasteiger partial charge in [0.15, 0.2) is 11.5 Å². The molecule has 7 heteroatoms. The summed E-state index contributed by atoms with van der Waals surface area (Å²) >= 11 is 0. The molecule has 3 rings (SSSR count). The molecule has 2 fully saturated rings. The fourth-order valence-corrected chi connectivity index (χ4v) is 3.07. The molecule has 0 radical (unpaired) electrons. The predicted octanol–water partition coefficient (Wildman–Crippen LogP) is 0.673. The number of hydrogen-bond acceptors (Lipinski definition) is 6. The van der Waals surface area contributed by atoms with Crippen LogP contribution in [0.25, 0.3) is 0 Å². The first-order valence-corrected chi connectivity index (χ1v) is 8.42. The molecular formula is C16H26N4O3. The first kappa shape index (κ1) is 16.4. The third-order valence-corrected chi connectivity index (χ3v) is 4.59. The van der Waals surface area contributed by atoms with Crippen LogP contribution in [0.4, 0.5) is 0 Å². The van der Waals surface area contributed by atoms with Crippen LogP contribution in [0.15, 0.2) is 10.6 Å². The van der Waals surface area contributed by atoms with Crippen LogP contribution in [0.2, 0.25) is 0 Å². The van der Waals surface area contributed by atoms with E-state index in [9.17, 15) is 4.79 Å². The van der Waals surface area contributed by atoms with Gasteiger partial charge in [-0.2, -0.15) is 0 Å². The summed E-state index contributed by atoms with van der Waals surface area (Å²) in [5.74, 6) is 0.724. The molecule has 2 aliphatic heterocycles. The van der Waals surface area contributed by atoms with Gasteiger partial charge in [0.05, 0.1) is 19.8 Å². The molecule has 0 atom stereocenters. The van der Waals surface area contributed by atoms with Gasteiger partial charge in [0.2, 0.25) is 0 Å². The number of rotatable bonds is 4. The number of morpholine rings is 1. The molecule has 128 valence electrons. The van der Waals surface area contributed by atoms with E-state index in [4.69, 9.17) is 9.26 Å². The van der Waals surface area contributed by atoms with E-state index in [1.165, 1.54) is 0 Å². The van der Waals surface area contributed by atoms with Crippen molar-refractivity contribution in [2.24, 2.45) is 0 Å². The van der Waals surface area contributed by atoms with Crippen LogP contribution in [0.3, 0.4) is 0 Å². The third-order valence-electron chi connectivity index (χ3n) is 4.59. The van der Waals surface area contributed by atoms with Crippen LogP contribution in [-0.2, 0) is 11.3 Å². The van der Waals surface area contributed by atoms with Gasteiger partial charge in [-0.05, 0) is 13.8 Å². The van der Waals surface area contributed by atoms with Crippen molar-refractivity contribution in [3.8, 4) is 0 Å². The number of nitrogens with zero attached hydrogens (tertiary/aromatic N) is 4. The Balaban J connectivity index is 1.54. The normalized spacial score (nSPS) is 21.1. The average molecular weight is 322 g/mol. The summed E-state index contributed by atoms with van der Waals surface area (Å²) in [6.45, 7) is 11.7. The largest absolute Gasteiger partial charge is 0.379 e. The highest BCUT2D eigenvalue weighted by molar-refractivity contribution is 5.92. The van der Waals surface area contributed by atoms with Crippen molar-refractivity contribution < 1.29 is 14.1 Å². The van der Waals surface area contributed by atoms with Crippen LogP contribution in [0.1, 0.15) is 30.1 Å². The Morgan fingerprint density at radius 3 is 2.52 bits per heavy atom. The number of hydrogen-bond donors (Lipinski definition) is 0. The molecule has 1 amide bonds. The highest BCUT2D eigenvalue weighted by Gasteiger charge is 2.25. The molecule has 0 bridgehead atoms. The van der Waals surface area contributed by atoms with Gasteiger partial charge in [-0.15, -0.1) is 0 Å². The summed E-state index contributed by atoms with van der Waals surface area (Å²) in [5, 5.41) is 3.97. The maximum absolute atomic E-state index is 12.5. The molecule has 2 saturated heterocycles. The van der Waals surface area contributed by atoms with Crippen molar-refractivity contribution in [2.75, 3.05) is 52.5 Å². The van der Waals surface area contributed by atoms with Gasteiger partial charge >= 0.3 is 0 Å². The fourth-order valence-electron chi connectivity index (χ4n) is 3.07. The standard InChI is InChI=1S/C16H26N4O3/c1-13(2)19-3-5-20(6-4-19)16(21)15-11-14(23-17-15)12-18-7-9-22-10-8-18/h11,13H,3-10,12H2,1-2H3. The lowest BCUT2D eigenvalue weighted by atomic mass is 10.2. The highest BCUT2D eigenvalue weighted by Crippen LogP contribution is 2.13. The Hall–Kier alpha value is -1.44. The summed E-state index contributed by atoms with van der Waals surface area (Å²) in [5.41, 5.74) is 0.422. The molecule has 3 heterocycles. The highest BCUT2D eigenvalue weighted by atomic mass is 16.5. The summed E-state index contributed by atoms with van der Waals surface area (Å²) < 4.78 is 10.7. The lowest BCUT2D eigenvalue weighted by Gasteiger charge is -2.36. The third kappa shape index (κ3) is 4.10. The molecule has 0 saturated carbocycles. The first-order chi connectivity index (χ1) is 11.1. The van der Waals surface area contributed by atoms with Crippen molar-refractivity contribution in [2.45, 2.75) is 26.4 Å². The lowest BCUT2D eigenvalue weighted by Crippen LogP contribution is -2.50. The molecule has 1 aromatic heterocycles. The van der Waals surface area contributed by atoms with E-state index in [1.54, 1.807) is 6.07 Å². The zero-order valence-corrected chi connectivity index (χ0v) is 14.0. The van der Waals surface area contributed by atoms with Crippen LogP contribution in [0.5, 0.6) is 0 Å². The summed E-state index contributed by atoms with van der Waals surface area (Å²) in [6.07, 6.45) is 0. The number of piperazine rings is 1. The average Bonchev–Trinajstić information content (AvgIpc) is 3.03. The Labute approximate surface area is 137 Å². The fraction of sp³-hybridized carbons (Fsp3) is 0.750. The molecule has 0 aromatic carbocycles. The van der Waals surface area contributed by atoms with E-state index in [1.807, 2.05) is 4.90 Å². The molecule has 2 aliphatic rings. The number of amides is 1. The molecular weight excluding hydrogens is 296 g/mol. The molecule has 0 N–H and O–H groups in total. The number of carbonyl (C=O) groups excluding carboxylic acids is 1. The molecule has 23 heavy (non-hydrogen) atoms. The van der Waals surface area contributed by atoms with E-state index >= 15 is 0 Å². The predicted molar refractivity (Wildman–Crippen MR) is 85.2 cm³/mol. The minimum Gasteiger partial charge on any atom is -0.379 e. The monoisotopic (exact) mass is 322 g/mol. The SMILES string of the molecule is CC(C)N1CCN(C(=O)c2cc(CN3CCOCC3)on2)CC1. The van der Waals surface area contributed by atoms with Crippen molar-refractivity contribution in [3.63, 3.8) is 0 Å². The second kappa shape index (κ2) is 7.42. The van der Waals surface area contributed by atoms with Crippen molar-refractivity contribution in [1.82, 2.24) is 19.9 Å². The molecule has 7 nitrogen and oxygen atoms in total. The maximum atomic E-state index is 12.5. The summed E-state index contributed by atoms with van der Waals surface area (Å²) in [7, 11) is 0. The Kier molecular flexibility index (Phi) is 5.30. The molecule has 0 spiro atoms. The smallest absolute Gasteiger partial charge is 0.276 e. The Morgan fingerprint density at radius 2 is 1.87 bits per heavy atom. The molecule has 0 aliphatic carbocycles. The van der Waals surface area contributed by atoms with E-state index in [0.29, 0.717) is 18.3 Å². The summed E-state index contributed by atoms with van der Waals surface area (Å²) in [4.78, 5) is 19.0. The van der Waals surface area contributed by atoms with Gasteiger partial charge in [0.1, 0.15) is 0 Å². The minimum atomic E-state index is -0.0228. The van der Waals surface area contributed by atoms with Gasteiger partial charge in [-0.3, -0.25) is 14.6 Å². The Bertz CT molecular complexity index is 517. The zero-order chi connectivity index (χ0) is 16.2. The second-order valence-corrected chi connectivity index (χ2v) is 6.49. The van der Waals surface area contributed by atoms with Gasteiger partial charge in [-0.25, -0.2) is 0 Å². The van der Waals surface area contributed by atoms with E-state index in [2.05, 4.69) is 28.8 Å².